The standard InChI is InChI=1S/C28H29N5OS/c1-28(2,3)26-21(19-11-14-34-16-19)23-25(35-26)24(33-27(32-23)18-9-12-31-13-10-18)22(30)20(29)15-17-7-5-4-6-8-17/h4-14,16,20,22H,15,29-30H2,1-3H3. The number of hydrogen-bond donors (Lipinski definition) is 2. The molecule has 0 bridgehead atoms. The van der Waals surface area contributed by atoms with Crippen molar-refractivity contribution < 1.29 is 4.42 Å². The van der Waals surface area contributed by atoms with E-state index in [1.165, 1.54) is 4.88 Å². The summed E-state index contributed by atoms with van der Waals surface area (Å²) in [6.07, 6.45) is 7.61. The lowest BCUT2D eigenvalue weighted by atomic mass is 9.89. The van der Waals surface area contributed by atoms with Crippen molar-refractivity contribution in [1.82, 2.24) is 15.0 Å². The molecule has 35 heavy (non-hydrogen) atoms. The Labute approximate surface area is 209 Å². The fraction of sp³-hybridized carbons (Fsp3) is 0.250. The van der Waals surface area contributed by atoms with Crippen molar-refractivity contribution in [1.29, 1.82) is 0 Å². The summed E-state index contributed by atoms with van der Waals surface area (Å²) in [5, 5.41) is 0. The first-order valence-electron chi connectivity index (χ1n) is 11.7. The SMILES string of the molecule is CC(C)(C)c1sc2c(C(N)C(N)Cc3ccccc3)nc(-c3ccncc3)nc2c1-c1ccoc1. The van der Waals surface area contributed by atoms with Gasteiger partial charge in [-0.15, -0.1) is 11.3 Å². The second-order valence-electron chi connectivity index (χ2n) is 9.79. The average Bonchev–Trinajstić information content (AvgIpc) is 3.52. The predicted molar refractivity (Wildman–Crippen MR) is 142 cm³/mol. The molecular formula is C28H29N5OS. The summed E-state index contributed by atoms with van der Waals surface area (Å²) < 4.78 is 6.43. The number of thiophene rings is 1. The fourth-order valence-electron chi connectivity index (χ4n) is 4.27. The minimum absolute atomic E-state index is 0.109. The van der Waals surface area contributed by atoms with Gasteiger partial charge >= 0.3 is 0 Å². The molecule has 0 aliphatic rings. The van der Waals surface area contributed by atoms with E-state index in [1.807, 2.05) is 36.4 Å². The van der Waals surface area contributed by atoms with Crippen molar-refractivity contribution in [2.45, 2.75) is 44.7 Å². The molecular weight excluding hydrogens is 454 g/mol. The molecule has 0 saturated heterocycles. The third-order valence-electron chi connectivity index (χ3n) is 6.08. The molecule has 1 aromatic carbocycles. The van der Waals surface area contributed by atoms with Gasteiger partial charge in [-0.1, -0.05) is 51.1 Å². The van der Waals surface area contributed by atoms with Gasteiger partial charge in [0, 0.05) is 40.0 Å². The highest BCUT2D eigenvalue weighted by molar-refractivity contribution is 7.20. The minimum Gasteiger partial charge on any atom is -0.472 e. The van der Waals surface area contributed by atoms with Gasteiger partial charge in [0.1, 0.15) is 0 Å². The third kappa shape index (κ3) is 4.62. The van der Waals surface area contributed by atoms with Crippen LogP contribution in [0.15, 0.2) is 77.9 Å². The van der Waals surface area contributed by atoms with Gasteiger partial charge in [-0.05, 0) is 35.6 Å². The first-order valence-corrected chi connectivity index (χ1v) is 12.5. The van der Waals surface area contributed by atoms with Gasteiger partial charge in [0.05, 0.1) is 34.5 Å². The number of rotatable bonds is 6. The molecule has 5 aromatic rings. The van der Waals surface area contributed by atoms with E-state index < -0.39 is 6.04 Å². The summed E-state index contributed by atoms with van der Waals surface area (Å²) in [7, 11) is 0. The first-order chi connectivity index (χ1) is 16.8. The van der Waals surface area contributed by atoms with E-state index in [0.717, 1.165) is 38.2 Å². The first kappa shape index (κ1) is 23.4. The van der Waals surface area contributed by atoms with Gasteiger partial charge in [-0.25, -0.2) is 9.97 Å². The summed E-state index contributed by atoms with van der Waals surface area (Å²) in [4.78, 5) is 15.4. The topological polar surface area (TPSA) is 104 Å². The van der Waals surface area contributed by atoms with Crippen LogP contribution in [0.4, 0.5) is 0 Å². The Kier molecular flexibility index (Phi) is 6.23. The molecule has 0 spiro atoms. The summed E-state index contributed by atoms with van der Waals surface area (Å²) in [5.74, 6) is 0.611. The normalized spacial score (nSPS) is 13.7. The molecule has 4 heterocycles. The smallest absolute Gasteiger partial charge is 0.160 e. The van der Waals surface area contributed by atoms with E-state index in [0.29, 0.717) is 12.2 Å². The van der Waals surface area contributed by atoms with Gasteiger partial charge in [0.2, 0.25) is 0 Å². The van der Waals surface area contributed by atoms with Crippen LogP contribution in [0.1, 0.15) is 42.9 Å². The van der Waals surface area contributed by atoms with Crippen LogP contribution in [0, 0.1) is 0 Å². The number of pyridine rings is 1. The molecule has 0 fully saturated rings. The molecule has 4 N–H and O–H groups in total. The van der Waals surface area contributed by atoms with Crippen LogP contribution in [-0.4, -0.2) is 21.0 Å². The van der Waals surface area contributed by atoms with Crippen molar-refractivity contribution in [2.75, 3.05) is 0 Å². The Morgan fingerprint density at radius 2 is 1.69 bits per heavy atom. The van der Waals surface area contributed by atoms with Crippen LogP contribution in [-0.2, 0) is 11.8 Å². The van der Waals surface area contributed by atoms with Gasteiger partial charge < -0.3 is 15.9 Å². The molecule has 7 heteroatoms. The van der Waals surface area contributed by atoms with E-state index in [9.17, 15) is 0 Å². The zero-order chi connectivity index (χ0) is 24.6. The minimum atomic E-state index is -0.468. The van der Waals surface area contributed by atoms with E-state index in [4.69, 9.17) is 25.9 Å². The van der Waals surface area contributed by atoms with Crippen LogP contribution in [0.3, 0.4) is 0 Å². The Hall–Kier alpha value is -3.39. The Balaban J connectivity index is 1.73. The number of benzene rings is 1. The number of nitrogens with two attached hydrogens (primary N) is 2. The van der Waals surface area contributed by atoms with Crippen LogP contribution in [0.2, 0.25) is 0 Å². The molecule has 178 valence electrons. The maximum absolute atomic E-state index is 6.85. The molecule has 0 radical (unpaired) electrons. The van der Waals surface area contributed by atoms with Gasteiger partial charge in [0.25, 0.3) is 0 Å². The van der Waals surface area contributed by atoms with Crippen LogP contribution < -0.4 is 11.5 Å². The van der Waals surface area contributed by atoms with E-state index in [-0.39, 0.29) is 11.5 Å². The molecule has 6 nitrogen and oxygen atoms in total. The van der Waals surface area contributed by atoms with E-state index in [1.54, 1.807) is 36.3 Å². The number of fused-ring (bicyclic) bond motifs is 1. The monoisotopic (exact) mass is 483 g/mol. The van der Waals surface area contributed by atoms with Crippen molar-refractivity contribution in [2.24, 2.45) is 11.5 Å². The fourth-order valence-corrected chi connectivity index (χ4v) is 5.63. The number of furan rings is 1. The summed E-state index contributed by atoms with van der Waals surface area (Å²) in [5.41, 5.74) is 19.2. The van der Waals surface area contributed by atoms with Crippen molar-refractivity contribution >= 4 is 21.6 Å². The summed E-state index contributed by atoms with van der Waals surface area (Å²) in [6, 6.07) is 15.2. The Morgan fingerprint density at radius 3 is 2.34 bits per heavy atom. The largest absolute Gasteiger partial charge is 0.472 e. The molecule has 2 atom stereocenters. The molecule has 4 aromatic heterocycles. The van der Waals surface area contributed by atoms with Gasteiger partial charge in [0.15, 0.2) is 5.82 Å². The zero-order valence-electron chi connectivity index (χ0n) is 20.1. The Bertz CT molecular complexity index is 1420. The van der Waals surface area contributed by atoms with Crippen LogP contribution >= 0.6 is 11.3 Å². The van der Waals surface area contributed by atoms with E-state index in [2.05, 4.69) is 37.9 Å². The Morgan fingerprint density at radius 1 is 0.943 bits per heavy atom. The second-order valence-corrected chi connectivity index (χ2v) is 10.8. The van der Waals surface area contributed by atoms with Gasteiger partial charge in [-0.3, -0.25) is 4.98 Å². The third-order valence-corrected chi connectivity index (χ3v) is 7.71. The van der Waals surface area contributed by atoms with Crippen molar-refractivity contribution in [3.05, 3.63) is 89.6 Å². The highest BCUT2D eigenvalue weighted by Gasteiger charge is 2.30. The molecule has 0 saturated carbocycles. The molecule has 0 amide bonds. The maximum atomic E-state index is 6.85. The van der Waals surface area contributed by atoms with Crippen molar-refractivity contribution in [3.63, 3.8) is 0 Å². The predicted octanol–water partition coefficient (Wildman–Crippen LogP) is 5.88. The molecule has 0 aliphatic carbocycles. The zero-order valence-corrected chi connectivity index (χ0v) is 20.9. The quantitative estimate of drug-likeness (QED) is 0.312. The number of hydrogen-bond acceptors (Lipinski definition) is 7. The summed E-state index contributed by atoms with van der Waals surface area (Å²) >= 11 is 1.70. The van der Waals surface area contributed by atoms with Crippen LogP contribution in [0.5, 0.6) is 0 Å². The number of nitrogens with zero attached hydrogens (tertiary/aromatic N) is 3. The van der Waals surface area contributed by atoms with Crippen molar-refractivity contribution in [3.8, 4) is 22.5 Å². The maximum Gasteiger partial charge on any atom is 0.160 e. The molecule has 2 unspecified atom stereocenters. The highest BCUT2D eigenvalue weighted by Crippen LogP contribution is 2.46. The number of aromatic nitrogens is 3. The highest BCUT2D eigenvalue weighted by atomic mass is 32.1. The average molecular weight is 484 g/mol. The summed E-state index contributed by atoms with van der Waals surface area (Å²) in [6.45, 7) is 6.62. The van der Waals surface area contributed by atoms with E-state index >= 15 is 0 Å². The lowest BCUT2D eigenvalue weighted by Crippen LogP contribution is -2.36. The lowest BCUT2D eigenvalue weighted by Gasteiger charge is -2.21. The van der Waals surface area contributed by atoms with Crippen LogP contribution in [0.25, 0.3) is 32.7 Å². The molecule has 5 rings (SSSR count). The van der Waals surface area contributed by atoms with Gasteiger partial charge in [-0.2, -0.15) is 0 Å². The molecule has 0 aliphatic heterocycles. The lowest BCUT2D eigenvalue weighted by molar-refractivity contribution is 0.537. The second kappa shape index (κ2) is 9.34.